The van der Waals surface area contributed by atoms with Crippen LogP contribution in [0, 0.1) is 6.92 Å². The van der Waals surface area contributed by atoms with Gasteiger partial charge in [-0.15, -0.1) is 0 Å². The number of carboxylic acid groups (broad SMARTS) is 1. The molecule has 0 aliphatic carbocycles. The minimum absolute atomic E-state index is 0.0848. The van der Waals surface area contributed by atoms with Gasteiger partial charge in [-0.1, -0.05) is 6.07 Å². The fraction of sp³-hybridized carbons (Fsp3) is 0.0769. The molecule has 5 nitrogen and oxygen atoms in total. The highest BCUT2D eigenvalue weighted by molar-refractivity contribution is 5.97. The van der Waals surface area contributed by atoms with E-state index in [0.29, 0.717) is 5.69 Å². The fourth-order valence-electron chi connectivity index (χ4n) is 1.60. The van der Waals surface area contributed by atoms with E-state index < -0.39 is 5.97 Å². The van der Waals surface area contributed by atoms with Gasteiger partial charge in [-0.3, -0.25) is 4.98 Å². The highest BCUT2D eigenvalue weighted by Gasteiger charge is 2.11. The summed E-state index contributed by atoms with van der Waals surface area (Å²) < 4.78 is 0. The van der Waals surface area contributed by atoms with Crippen molar-refractivity contribution in [2.24, 2.45) is 0 Å². The Morgan fingerprint density at radius 3 is 2.78 bits per heavy atom. The van der Waals surface area contributed by atoms with Crippen LogP contribution in [0.3, 0.4) is 0 Å². The molecule has 0 fully saturated rings. The van der Waals surface area contributed by atoms with E-state index in [9.17, 15) is 4.79 Å². The van der Waals surface area contributed by atoms with E-state index in [4.69, 9.17) is 10.8 Å². The Balaban J connectivity index is 2.39. The highest BCUT2D eigenvalue weighted by atomic mass is 16.4. The molecule has 0 saturated carbocycles. The molecule has 1 aromatic heterocycles. The van der Waals surface area contributed by atoms with Crippen molar-refractivity contribution in [3.63, 3.8) is 0 Å². The van der Waals surface area contributed by atoms with Crippen molar-refractivity contribution in [3.8, 4) is 0 Å². The normalized spacial score (nSPS) is 10.1. The van der Waals surface area contributed by atoms with Crippen LogP contribution in [0.1, 0.15) is 15.9 Å². The standard InChI is InChI=1S/C13H13N3O2/c1-8-5-6-15-7-11(8)16-10-4-2-3-9(12(10)14)13(17)18/h2-7,16H,14H2,1H3,(H,17,18). The molecule has 0 bridgehead atoms. The van der Waals surface area contributed by atoms with Gasteiger partial charge in [0.2, 0.25) is 0 Å². The Kier molecular flexibility index (Phi) is 3.14. The minimum atomic E-state index is -1.04. The zero-order valence-corrected chi connectivity index (χ0v) is 9.84. The maximum absolute atomic E-state index is 11.0. The third-order valence-corrected chi connectivity index (χ3v) is 2.64. The lowest BCUT2D eigenvalue weighted by atomic mass is 10.1. The molecule has 0 atom stereocenters. The number of aryl methyl sites for hydroxylation is 1. The van der Waals surface area contributed by atoms with E-state index >= 15 is 0 Å². The van der Waals surface area contributed by atoms with Crippen molar-refractivity contribution in [2.75, 3.05) is 11.1 Å². The number of nitrogens with two attached hydrogens (primary N) is 1. The summed E-state index contributed by atoms with van der Waals surface area (Å²) in [5.41, 5.74) is 8.48. The molecule has 0 aliphatic rings. The maximum Gasteiger partial charge on any atom is 0.337 e. The SMILES string of the molecule is Cc1ccncc1Nc1cccc(C(=O)O)c1N. The van der Waals surface area contributed by atoms with Crippen molar-refractivity contribution in [1.29, 1.82) is 0 Å². The van der Waals surface area contributed by atoms with Gasteiger partial charge in [0, 0.05) is 6.20 Å². The van der Waals surface area contributed by atoms with Gasteiger partial charge in [-0.2, -0.15) is 0 Å². The summed E-state index contributed by atoms with van der Waals surface area (Å²) in [5, 5.41) is 12.1. The summed E-state index contributed by atoms with van der Waals surface area (Å²) in [5.74, 6) is -1.04. The number of para-hydroxylation sites is 1. The maximum atomic E-state index is 11.0. The van der Waals surface area contributed by atoms with E-state index in [1.54, 1.807) is 24.5 Å². The minimum Gasteiger partial charge on any atom is -0.478 e. The number of carbonyl (C=O) groups is 1. The van der Waals surface area contributed by atoms with Gasteiger partial charge in [-0.25, -0.2) is 4.79 Å². The predicted octanol–water partition coefficient (Wildman–Crippen LogP) is 2.41. The second kappa shape index (κ2) is 4.75. The Morgan fingerprint density at radius 2 is 2.11 bits per heavy atom. The summed E-state index contributed by atoms with van der Waals surface area (Å²) in [7, 11) is 0. The van der Waals surface area contributed by atoms with Crippen LogP contribution in [0.15, 0.2) is 36.7 Å². The molecular weight excluding hydrogens is 230 g/mol. The molecule has 0 aliphatic heterocycles. The third kappa shape index (κ3) is 2.24. The summed E-state index contributed by atoms with van der Waals surface area (Å²) in [4.78, 5) is 15.0. The van der Waals surface area contributed by atoms with Gasteiger partial charge in [0.1, 0.15) is 0 Å². The number of carboxylic acids is 1. The first-order valence-corrected chi connectivity index (χ1v) is 5.39. The van der Waals surface area contributed by atoms with E-state index in [-0.39, 0.29) is 11.3 Å². The molecule has 0 spiro atoms. The Labute approximate surface area is 104 Å². The molecule has 2 rings (SSSR count). The number of hydrogen-bond acceptors (Lipinski definition) is 4. The molecule has 0 amide bonds. The molecular formula is C13H13N3O2. The predicted molar refractivity (Wildman–Crippen MR) is 70.1 cm³/mol. The Bertz CT molecular complexity index is 597. The number of hydrogen-bond donors (Lipinski definition) is 3. The van der Waals surface area contributed by atoms with E-state index in [1.165, 1.54) is 6.07 Å². The number of nitrogen functional groups attached to an aromatic ring is 1. The van der Waals surface area contributed by atoms with Gasteiger partial charge in [-0.05, 0) is 30.7 Å². The first kappa shape index (κ1) is 11.9. The van der Waals surface area contributed by atoms with Crippen LogP contribution >= 0.6 is 0 Å². The van der Waals surface area contributed by atoms with Gasteiger partial charge < -0.3 is 16.2 Å². The second-order valence-corrected chi connectivity index (χ2v) is 3.89. The Hall–Kier alpha value is -2.56. The lowest BCUT2D eigenvalue weighted by Gasteiger charge is -2.12. The van der Waals surface area contributed by atoms with Gasteiger partial charge in [0.25, 0.3) is 0 Å². The van der Waals surface area contributed by atoms with Crippen molar-refractivity contribution in [2.45, 2.75) is 6.92 Å². The molecule has 0 saturated heterocycles. The molecule has 5 heteroatoms. The van der Waals surface area contributed by atoms with Gasteiger partial charge in [0.05, 0.1) is 28.8 Å². The lowest BCUT2D eigenvalue weighted by Crippen LogP contribution is -2.05. The summed E-state index contributed by atoms with van der Waals surface area (Å²) in [6.45, 7) is 1.93. The largest absolute Gasteiger partial charge is 0.478 e. The summed E-state index contributed by atoms with van der Waals surface area (Å²) in [6, 6.07) is 6.71. The monoisotopic (exact) mass is 243 g/mol. The number of nitrogens with zero attached hydrogens (tertiary/aromatic N) is 1. The quantitative estimate of drug-likeness (QED) is 0.720. The van der Waals surface area contributed by atoms with Crippen LogP contribution in [-0.2, 0) is 0 Å². The van der Waals surface area contributed by atoms with E-state index in [1.807, 2.05) is 13.0 Å². The zero-order valence-electron chi connectivity index (χ0n) is 9.84. The summed E-state index contributed by atoms with van der Waals surface area (Å²) in [6.07, 6.45) is 3.36. The van der Waals surface area contributed by atoms with Gasteiger partial charge in [0.15, 0.2) is 0 Å². The molecule has 0 unspecified atom stereocenters. The van der Waals surface area contributed by atoms with Crippen molar-refractivity contribution in [3.05, 3.63) is 47.8 Å². The number of rotatable bonds is 3. The highest BCUT2D eigenvalue weighted by Crippen LogP contribution is 2.27. The van der Waals surface area contributed by atoms with Crippen LogP contribution in [0.5, 0.6) is 0 Å². The average Bonchev–Trinajstić information content (AvgIpc) is 2.34. The van der Waals surface area contributed by atoms with E-state index in [2.05, 4.69) is 10.3 Å². The molecule has 1 aromatic carbocycles. The topological polar surface area (TPSA) is 88.2 Å². The second-order valence-electron chi connectivity index (χ2n) is 3.89. The number of pyridine rings is 1. The van der Waals surface area contributed by atoms with Crippen molar-refractivity contribution < 1.29 is 9.90 Å². The van der Waals surface area contributed by atoms with Crippen LogP contribution < -0.4 is 11.1 Å². The van der Waals surface area contributed by atoms with E-state index in [0.717, 1.165) is 11.3 Å². The number of anilines is 3. The number of benzene rings is 1. The number of nitrogens with one attached hydrogen (secondary N) is 1. The van der Waals surface area contributed by atoms with Crippen LogP contribution in [0.25, 0.3) is 0 Å². The molecule has 2 aromatic rings. The van der Waals surface area contributed by atoms with Crippen molar-refractivity contribution in [1.82, 2.24) is 4.98 Å². The summed E-state index contributed by atoms with van der Waals surface area (Å²) >= 11 is 0. The fourth-order valence-corrected chi connectivity index (χ4v) is 1.60. The smallest absolute Gasteiger partial charge is 0.337 e. The average molecular weight is 243 g/mol. The first-order chi connectivity index (χ1) is 8.59. The molecule has 0 radical (unpaired) electrons. The van der Waals surface area contributed by atoms with Crippen LogP contribution in [0.4, 0.5) is 17.1 Å². The molecule has 92 valence electrons. The Morgan fingerprint density at radius 1 is 1.33 bits per heavy atom. The third-order valence-electron chi connectivity index (χ3n) is 2.64. The van der Waals surface area contributed by atoms with Crippen LogP contribution in [0.2, 0.25) is 0 Å². The number of aromatic carboxylic acids is 1. The van der Waals surface area contributed by atoms with Crippen molar-refractivity contribution >= 4 is 23.0 Å². The van der Waals surface area contributed by atoms with Crippen LogP contribution in [-0.4, -0.2) is 16.1 Å². The zero-order chi connectivity index (χ0) is 13.1. The molecule has 18 heavy (non-hydrogen) atoms. The van der Waals surface area contributed by atoms with Gasteiger partial charge >= 0.3 is 5.97 Å². The number of aromatic nitrogens is 1. The molecule has 1 heterocycles. The lowest BCUT2D eigenvalue weighted by molar-refractivity contribution is 0.0698. The first-order valence-electron chi connectivity index (χ1n) is 5.39. The molecule has 4 N–H and O–H groups in total.